The molecule has 0 spiro atoms. The Bertz CT molecular complexity index is 1690. The molecule has 0 aliphatic heterocycles. The molecule has 0 aliphatic carbocycles. The van der Waals surface area contributed by atoms with Crippen molar-refractivity contribution in [1.29, 1.82) is 0 Å². The van der Waals surface area contributed by atoms with Gasteiger partial charge in [0.2, 0.25) is 0 Å². The number of carbonyl (C=O) groups excluding carboxylic acids is 2. The largest absolute Gasteiger partial charge is 0.462 e. The second kappa shape index (κ2) is 75.5. The molecule has 0 aromatic carbocycles. The maximum absolute atomic E-state index is 12.4. The Morgan fingerprint density at radius 3 is 0.698 bits per heavy atom. The van der Waals surface area contributed by atoms with Crippen molar-refractivity contribution in [2.75, 3.05) is 13.2 Å². The van der Waals surface area contributed by atoms with Gasteiger partial charge in [0.25, 0.3) is 0 Å². The van der Waals surface area contributed by atoms with E-state index in [0.29, 0.717) is 12.8 Å². The van der Waals surface area contributed by atoms with Gasteiger partial charge in [0, 0.05) is 12.8 Å². The molecule has 0 aromatic heterocycles. The lowest BCUT2D eigenvalue weighted by atomic mass is 10.0. The first-order chi connectivity index (χ1) is 42.6. The molecule has 0 saturated heterocycles. The van der Waals surface area contributed by atoms with Gasteiger partial charge < -0.3 is 14.6 Å². The molecule has 0 bridgehead atoms. The lowest BCUT2D eigenvalue weighted by Gasteiger charge is -2.15. The van der Waals surface area contributed by atoms with Crippen molar-refractivity contribution >= 4 is 11.9 Å². The van der Waals surface area contributed by atoms with Crippen LogP contribution in [0, 0.1) is 0 Å². The van der Waals surface area contributed by atoms with Crippen molar-refractivity contribution in [2.45, 2.75) is 367 Å². The van der Waals surface area contributed by atoms with Gasteiger partial charge in [-0.15, -0.1) is 0 Å². The highest BCUT2D eigenvalue weighted by Gasteiger charge is 2.16. The smallest absolute Gasteiger partial charge is 0.306 e. The van der Waals surface area contributed by atoms with Crippen LogP contribution in [0.1, 0.15) is 361 Å². The average Bonchev–Trinajstić information content (AvgIpc) is 3.53. The molecule has 0 fully saturated rings. The molecule has 0 rings (SSSR count). The van der Waals surface area contributed by atoms with E-state index in [0.717, 1.165) is 103 Å². The third-order valence-electron chi connectivity index (χ3n) is 16.3. The van der Waals surface area contributed by atoms with Crippen molar-refractivity contribution in [1.82, 2.24) is 0 Å². The summed E-state index contributed by atoms with van der Waals surface area (Å²) in [6.07, 6.45) is 111. The van der Waals surface area contributed by atoms with Crippen LogP contribution in [0.5, 0.6) is 0 Å². The number of hydrogen-bond donors (Lipinski definition) is 1. The number of allylic oxidation sites excluding steroid dienone is 20. The van der Waals surface area contributed by atoms with E-state index < -0.39 is 6.10 Å². The Hall–Kier alpha value is -3.70. The zero-order valence-electron chi connectivity index (χ0n) is 56.8. The van der Waals surface area contributed by atoms with Gasteiger partial charge in [-0.25, -0.2) is 0 Å². The zero-order chi connectivity index (χ0) is 61.9. The van der Waals surface area contributed by atoms with Gasteiger partial charge >= 0.3 is 11.9 Å². The van der Waals surface area contributed by atoms with Crippen LogP contribution in [0.15, 0.2) is 122 Å². The van der Waals surface area contributed by atoms with Crippen LogP contribution in [-0.2, 0) is 19.1 Å². The van der Waals surface area contributed by atoms with Crippen molar-refractivity contribution < 1.29 is 24.2 Å². The Labute approximate surface area is 534 Å². The summed E-state index contributed by atoms with van der Waals surface area (Å²) in [7, 11) is 0. The summed E-state index contributed by atoms with van der Waals surface area (Å²) in [6.45, 7) is 3.95. The lowest BCUT2D eigenvalue weighted by Crippen LogP contribution is -2.28. The highest BCUT2D eigenvalue weighted by atomic mass is 16.6. The SMILES string of the molecule is CC/C=C\C/C=C\C/C=C\C/C=C\C/C=C\CCCCCCCCCCCCCCCCCCCCCCCC(=O)OC(CO)COC(=O)CCCCCCCCCCCCCCCCCCCCC/C=C\C/C=C\C/C=C\C/C=C\C/C=C\CC. The molecule has 0 aliphatic rings. The summed E-state index contributed by atoms with van der Waals surface area (Å²) in [5, 5.41) is 9.72. The fourth-order valence-corrected chi connectivity index (χ4v) is 10.8. The fourth-order valence-electron chi connectivity index (χ4n) is 10.8. The van der Waals surface area contributed by atoms with Gasteiger partial charge in [0.15, 0.2) is 6.10 Å². The molecule has 0 amide bonds. The molecule has 494 valence electrons. The predicted octanol–water partition coefficient (Wildman–Crippen LogP) is 26.1. The van der Waals surface area contributed by atoms with Crippen LogP contribution in [0.2, 0.25) is 0 Å². The van der Waals surface area contributed by atoms with Crippen molar-refractivity contribution in [3.63, 3.8) is 0 Å². The first kappa shape index (κ1) is 82.3. The van der Waals surface area contributed by atoms with Crippen LogP contribution >= 0.6 is 0 Å². The minimum absolute atomic E-state index is 0.0648. The van der Waals surface area contributed by atoms with Crippen molar-refractivity contribution in [3.05, 3.63) is 122 Å². The van der Waals surface area contributed by atoms with E-state index in [-0.39, 0.29) is 25.2 Å². The van der Waals surface area contributed by atoms with Crippen molar-refractivity contribution in [2.24, 2.45) is 0 Å². The summed E-state index contributed by atoms with van der Waals surface area (Å²) < 4.78 is 10.8. The van der Waals surface area contributed by atoms with Crippen molar-refractivity contribution in [3.8, 4) is 0 Å². The van der Waals surface area contributed by atoms with E-state index in [1.165, 1.54) is 231 Å². The Balaban J connectivity index is 3.42. The number of unbranched alkanes of at least 4 members (excludes halogenated alkanes) is 40. The lowest BCUT2D eigenvalue weighted by molar-refractivity contribution is -0.161. The Kier molecular flexibility index (Phi) is 72.3. The van der Waals surface area contributed by atoms with Crippen LogP contribution in [0.25, 0.3) is 0 Å². The highest BCUT2D eigenvalue weighted by molar-refractivity contribution is 5.70. The molecule has 5 nitrogen and oxygen atoms in total. The molecule has 0 radical (unpaired) electrons. The molecule has 1 atom stereocenters. The predicted molar refractivity (Wildman–Crippen MR) is 380 cm³/mol. The summed E-state index contributed by atoms with van der Waals surface area (Å²) in [5.41, 5.74) is 0. The first-order valence-corrected chi connectivity index (χ1v) is 37.1. The molecule has 5 heteroatoms. The number of esters is 2. The number of ether oxygens (including phenoxy) is 2. The van der Waals surface area contributed by atoms with Gasteiger partial charge in [-0.3, -0.25) is 9.59 Å². The van der Waals surface area contributed by atoms with Crippen LogP contribution in [0.4, 0.5) is 0 Å². The van der Waals surface area contributed by atoms with E-state index in [4.69, 9.17) is 9.47 Å². The molecule has 0 aromatic rings. The quantitative estimate of drug-likeness (QED) is 0.0373. The number of rotatable bonds is 68. The summed E-state index contributed by atoms with van der Waals surface area (Å²) in [4.78, 5) is 24.7. The number of aliphatic hydroxyl groups excluding tert-OH is 1. The molecule has 0 saturated carbocycles. The molecular weight excluding hydrogens is 1050 g/mol. The second-order valence-electron chi connectivity index (χ2n) is 24.6. The number of aliphatic hydroxyl groups is 1. The normalized spacial score (nSPS) is 12.9. The second-order valence-corrected chi connectivity index (χ2v) is 24.6. The first-order valence-electron chi connectivity index (χ1n) is 37.1. The molecule has 1 N–H and O–H groups in total. The number of carbonyl (C=O) groups is 2. The Morgan fingerprint density at radius 2 is 0.465 bits per heavy atom. The summed E-state index contributed by atoms with van der Waals surface area (Å²) in [6, 6.07) is 0. The van der Waals surface area contributed by atoms with Gasteiger partial charge in [-0.05, 0) is 103 Å². The van der Waals surface area contributed by atoms with Gasteiger partial charge in [-0.2, -0.15) is 0 Å². The minimum Gasteiger partial charge on any atom is -0.462 e. The Morgan fingerprint density at radius 1 is 0.267 bits per heavy atom. The van der Waals surface area contributed by atoms with E-state index >= 15 is 0 Å². The van der Waals surface area contributed by atoms with E-state index in [1.54, 1.807) is 0 Å². The topological polar surface area (TPSA) is 72.8 Å². The van der Waals surface area contributed by atoms with E-state index in [2.05, 4.69) is 135 Å². The standard InChI is InChI=1S/C81H140O5/c1-3-5-7-9-11-13-15-17-19-21-23-25-27-29-31-33-35-37-39-40-42-44-46-48-50-52-54-56-58-60-62-64-66-68-70-72-74-76-81(84)86-79(77-82)78-85-80(83)75-73-71-69-67-65-63-61-59-57-55-53-51-49-47-45-43-41-38-36-34-32-30-28-26-24-22-20-18-16-14-12-10-8-6-4-2/h5-8,11-14,17-20,23-26,29-32,79,82H,3-4,9-10,15-16,21-22,27-28,33-78H2,1-2H3/b7-5-,8-6-,13-11-,14-12-,19-17-,20-18-,25-23-,26-24-,31-29-,32-30-. The molecule has 86 heavy (non-hydrogen) atoms. The fraction of sp³-hybridized carbons (Fsp3) is 0.728. The molecule has 0 heterocycles. The van der Waals surface area contributed by atoms with E-state index in [9.17, 15) is 14.7 Å². The van der Waals surface area contributed by atoms with E-state index in [1.807, 2.05) is 0 Å². The molecular formula is C81H140O5. The maximum Gasteiger partial charge on any atom is 0.306 e. The third-order valence-corrected chi connectivity index (χ3v) is 16.3. The zero-order valence-corrected chi connectivity index (χ0v) is 56.8. The van der Waals surface area contributed by atoms with Crippen LogP contribution < -0.4 is 0 Å². The number of hydrogen-bond acceptors (Lipinski definition) is 5. The van der Waals surface area contributed by atoms with Crippen LogP contribution in [0.3, 0.4) is 0 Å². The summed E-state index contributed by atoms with van der Waals surface area (Å²) in [5.74, 6) is -0.575. The maximum atomic E-state index is 12.4. The highest BCUT2D eigenvalue weighted by Crippen LogP contribution is 2.18. The monoisotopic (exact) mass is 1190 g/mol. The third kappa shape index (κ3) is 72.8. The van der Waals surface area contributed by atoms with Crippen LogP contribution in [-0.4, -0.2) is 36.4 Å². The molecule has 1 unspecified atom stereocenters. The summed E-state index contributed by atoms with van der Waals surface area (Å²) >= 11 is 0. The minimum atomic E-state index is -0.776. The average molecular weight is 1190 g/mol. The van der Waals surface area contributed by atoms with Gasteiger partial charge in [0.1, 0.15) is 6.61 Å². The van der Waals surface area contributed by atoms with Gasteiger partial charge in [0.05, 0.1) is 6.61 Å². The van der Waals surface area contributed by atoms with Gasteiger partial charge in [-0.1, -0.05) is 367 Å².